The molecule has 4 heterocycles. The number of nitrogens with one attached hydrogen (secondary N) is 2. The predicted octanol–water partition coefficient (Wildman–Crippen LogP) is 1.89. The van der Waals surface area contributed by atoms with Crippen LogP contribution in [0.2, 0.25) is 0 Å². The van der Waals surface area contributed by atoms with E-state index in [0.29, 0.717) is 28.6 Å². The molecule has 0 aliphatic carbocycles. The standard InChI is InChI=1S/C39H40N10O7S2/c1-3-47-18-19-48(35(53)34(47)52)38(55)42-28(24-16-14-23(20-40)15-17-24)32(50)41-29-33(51)49-30(27(21-57-36(29)49)22-58-39-43-44-45-46(39)2)37(54)56-31(25-10-6-4-7-11-25)26-12-8-5-9-13-26/h4-17,28-29,31,36H,3,18-22,40H2,1-2H3,(H,41,50)(H,42,55)/t28-,29+,36+/m0/s1. The highest BCUT2D eigenvalue weighted by atomic mass is 32.2. The molecule has 0 saturated carbocycles. The highest BCUT2D eigenvalue weighted by Crippen LogP contribution is 2.43. The molecule has 2 fully saturated rings. The Labute approximate surface area is 341 Å². The van der Waals surface area contributed by atoms with Gasteiger partial charge in [0.25, 0.3) is 5.91 Å². The van der Waals surface area contributed by atoms with Gasteiger partial charge in [0.15, 0.2) is 6.10 Å². The number of piperazine rings is 1. The van der Waals surface area contributed by atoms with Crippen molar-refractivity contribution in [3.05, 3.63) is 118 Å². The van der Waals surface area contributed by atoms with Crippen LogP contribution in [-0.2, 0) is 42.3 Å². The number of esters is 1. The minimum atomic E-state index is -1.37. The third-order valence-electron chi connectivity index (χ3n) is 9.94. The third kappa shape index (κ3) is 8.18. The molecule has 6 amide bonds. The lowest BCUT2D eigenvalue weighted by molar-refractivity contribution is -0.155. The van der Waals surface area contributed by atoms with Crippen molar-refractivity contribution in [3.8, 4) is 0 Å². The molecule has 0 bridgehead atoms. The fourth-order valence-electron chi connectivity index (χ4n) is 6.78. The number of ether oxygens (including phenoxy) is 1. The molecule has 3 atom stereocenters. The molecular formula is C39H40N10O7S2. The van der Waals surface area contributed by atoms with Crippen LogP contribution in [0.1, 0.15) is 41.3 Å². The largest absolute Gasteiger partial charge is 0.448 e. The number of carbonyl (C=O) groups is 6. The number of urea groups is 1. The van der Waals surface area contributed by atoms with E-state index in [2.05, 4.69) is 26.2 Å². The van der Waals surface area contributed by atoms with Crippen LogP contribution < -0.4 is 16.4 Å². The number of aryl methyl sites for hydroxylation is 1. The summed E-state index contributed by atoms with van der Waals surface area (Å²) in [6, 6.07) is 21.8. The van der Waals surface area contributed by atoms with E-state index in [9.17, 15) is 28.8 Å². The lowest BCUT2D eigenvalue weighted by Crippen LogP contribution is -2.71. The first kappa shape index (κ1) is 40.2. The summed E-state index contributed by atoms with van der Waals surface area (Å²) < 4.78 is 7.76. The lowest BCUT2D eigenvalue weighted by atomic mass is 9.99. The predicted molar refractivity (Wildman–Crippen MR) is 212 cm³/mol. The fourth-order valence-corrected chi connectivity index (χ4v) is 9.11. The molecule has 4 aromatic rings. The van der Waals surface area contributed by atoms with Crippen LogP contribution in [-0.4, -0.2) is 113 Å². The Bertz CT molecular complexity index is 2200. The van der Waals surface area contributed by atoms with Gasteiger partial charge in [-0.05, 0) is 45.2 Å². The summed E-state index contributed by atoms with van der Waals surface area (Å²) in [5.41, 5.74) is 9.06. The Balaban J connectivity index is 1.14. The molecule has 58 heavy (non-hydrogen) atoms. The highest BCUT2D eigenvalue weighted by molar-refractivity contribution is 8.01. The minimum Gasteiger partial charge on any atom is -0.448 e. The van der Waals surface area contributed by atoms with Gasteiger partial charge < -0.3 is 26.0 Å². The first-order valence-electron chi connectivity index (χ1n) is 18.4. The molecule has 3 aliphatic heterocycles. The Hall–Kier alpha value is -6.05. The molecule has 19 heteroatoms. The van der Waals surface area contributed by atoms with Gasteiger partial charge in [-0.3, -0.25) is 29.0 Å². The number of imide groups is 1. The zero-order valence-electron chi connectivity index (χ0n) is 31.5. The van der Waals surface area contributed by atoms with Gasteiger partial charge in [0.1, 0.15) is 23.2 Å². The number of carbonyl (C=O) groups excluding carboxylic acids is 6. The number of benzene rings is 3. The van der Waals surface area contributed by atoms with Crippen molar-refractivity contribution < 1.29 is 33.5 Å². The van der Waals surface area contributed by atoms with Crippen molar-refractivity contribution in [2.75, 3.05) is 31.1 Å². The van der Waals surface area contributed by atoms with Gasteiger partial charge in [-0.15, -0.1) is 16.9 Å². The second-order valence-electron chi connectivity index (χ2n) is 13.5. The second kappa shape index (κ2) is 17.6. The van der Waals surface area contributed by atoms with Crippen LogP contribution in [0.4, 0.5) is 4.79 Å². The van der Waals surface area contributed by atoms with E-state index in [1.165, 1.54) is 38.0 Å². The van der Waals surface area contributed by atoms with E-state index in [1.807, 2.05) is 60.7 Å². The van der Waals surface area contributed by atoms with Gasteiger partial charge in [-0.25, -0.2) is 14.3 Å². The van der Waals surface area contributed by atoms with Crippen LogP contribution in [0, 0.1) is 0 Å². The Morgan fingerprint density at radius 2 is 1.60 bits per heavy atom. The maximum absolute atomic E-state index is 14.4. The molecule has 2 saturated heterocycles. The van der Waals surface area contributed by atoms with Crippen LogP contribution in [0.3, 0.4) is 0 Å². The summed E-state index contributed by atoms with van der Waals surface area (Å²) in [5, 5.41) is 16.8. The van der Waals surface area contributed by atoms with E-state index in [4.69, 9.17) is 10.5 Å². The average Bonchev–Trinajstić information content (AvgIpc) is 3.67. The Morgan fingerprint density at radius 1 is 0.931 bits per heavy atom. The molecule has 300 valence electrons. The normalized spacial score (nSPS) is 18.5. The summed E-state index contributed by atoms with van der Waals surface area (Å²) in [5.74, 6) is -3.28. The van der Waals surface area contributed by atoms with Gasteiger partial charge in [-0.2, -0.15) is 0 Å². The van der Waals surface area contributed by atoms with Crippen LogP contribution in [0.5, 0.6) is 0 Å². The van der Waals surface area contributed by atoms with Gasteiger partial charge in [0.2, 0.25) is 11.1 Å². The number of β-lactam (4-membered cyclic amide) rings is 1. The molecule has 0 radical (unpaired) electrons. The van der Waals surface area contributed by atoms with Crippen molar-refractivity contribution in [2.45, 2.75) is 42.2 Å². The number of hydrogen-bond acceptors (Lipinski definition) is 13. The van der Waals surface area contributed by atoms with Crippen molar-refractivity contribution in [2.24, 2.45) is 12.8 Å². The number of amides is 6. The second-order valence-corrected chi connectivity index (χ2v) is 15.5. The van der Waals surface area contributed by atoms with E-state index in [-0.39, 0.29) is 31.1 Å². The zero-order valence-corrected chi connectivity index (χ0v) is 33.2. The number of nitrogens with zero attached hydrogens (tertiary/aromatic N) is 7. The fraction of sp³-hybridized carbons (Fsp3) is 0.308. The number of tetrazole rings is 1. The average molecular weight is 825 g/mol. The minimum absolute atomic E-state index is 0.0616. The topological polar surface area (TPSA) is 215 Å². The molecule has 3 aliphatic rings. The van der Waals surface area contributed by atoms with Gasteiger partial charge in [0.05, 0.1) is 0 Å². The third-order valence-corrected chi connectivity index (χ3v) is 12.4. The highest BCUT2D eigenvalue weighted by Gasteiger charge is 2.55. The van der Waals surface area contributed by atoms with Crippen molar-refractivity contribution in [3.63, 3.8) is 0 Å². The number of thioether (sulfide) groups is 2. The van der Waals surface area contributed by atoms with Gasteiger partial charge >= 0.3 is 23.8 Å². The Morgan fingerprint density at radius 3 is 2.21 bits per heavy atom. The number of likely N-dealkylation sites (N-methyl/N-ethyl adjacent to an activating group) is 1. The molecule has 17 nitrogen and oxygen atoms in total. The van der Waals surface area contributed by atoms with E-state index in [0.717, 1.165) is 21.6 Å². The summed E-state index contributed by atoms with van der Waals surface area (Å²) in [6.07, 6.45) is -0.790. The van der Waals surface area contributed by atoms with Gasteiger partial charge in [0, 0.05) is 44.7 Å². The first-order chi connectivity index (χ1) is 28.1. The number of hydrogen-bond donors (Lipinski definition) is 3. The van der Waals surface area contributed by atoms with E-state index < -0.39 is 59.2 Å². The van der Waals surface area contributed by atoms with Gasteiger partial charge in [-0.1, -0.05) is 96.7 Å². The quantitative estimate of drug-likeness (QED) is 0.0762. The number of nitrogens with two attached hydrogens (primary N) is 1. The van der Waals surface area contributed by atoms with Crippen molar-refractivity contribution >= 4 is 59.2 Å². The molecular weight excluding hydrogens is 785 g/mol. The maximum atomic E-state index is 14.4. The molecule has 3 aromatic carbocycles. The number of aromatic nitrogens is 4. The molecule has 7 rings (SSSR count). The summed E-state index contributed by atoms with van der Waals surface area (Å²) in [6.45, 7) is 2.35. The van der Waals surface area contributed by atoms with Crippen molar-refractivity contribution in [1.82, 2.24) is 45.5 Å². The first-order valence-corrected chi connectivity index (χ1v) is 20.5. The summed E-state index contributed by atoms with van der Waals surface area (Å²) in [4.78, 5) is 85.1. The van der Waals surface area contributed by atoms with Crippen molar-refractivity contribution in [1.29, 1.82) is 0 Å². The molecule has 1 aromatic heterocycles. The summed E-state index contributed by atoms with van der Waals surface area (Å²) in [7, 11) is 1.69. The van der Waals surface area contributed by atoms with Crippen LogP contribution in [0.25, 0.3) is 0 Å². The smallest absolute Gasteiger partial charge is 0.356 e. The number of rotatable bonds is 13. The SMILES string of the molecule is CCN1CCN(C(=O)N[C@H](C(=O)N[C@@H]2C(=O)N3C(C(=O)OC(c4ccccc4)c4ccccc4)=C(CSc4nnnn4C)CS[C@H]23)c2ccc(CN)cc2)C(=O)C1=O. The lowest BCUT2D eigenvalue weighted by Gasteiger charge is -2.50. The van der Waals surface area contributed by atoms with Crippen LogP contribution in [0.15, 0.2) is 101 Å². The Kier molecular flexibility index (Phi) is 12.2. The maximum Gasteiger partial charge on any atom is 0.356 e. The zero-order chi connectivity index (χ0) is 40.9. The number of fused-ring (bicyclic) bond motifs is 1. The van der Waals surface area contributed by atoms with E-state index in [1.54, 1.807) is 38.2 Å². The molecule has 0 spiro atoms. The molecule has 0 unspecified atom stereocenters. The summed E-state index contributed by atoms with van der Waals surface area (Å²) >= 11 is 2.65. The monoisotopic (exact) mass is 824 g/mol. The molecule has 4 N–H and O–H groups in total. The van der Waals surface area contributed by atoms with E-state index >= 15 is 0 Å². The van der Waals surface area contributed by atoms with Crippen LogP contribution >= 0.6 is 23.5 Å².